The van der Waals surface area contributed by atoms with Crippen LogP contribution in [0.25, 0.3) is 0 Å². The monoisotopic (exact) mass is 309 g/mol. The van der Waals surface area contributed by atoms with Crippen molar-refractivity contribution in [1.29, 1.82) is 0 Å². The summed E-state index contributed by atoms with van der Waals surface area (Å²) in [6, 6.07) is 10.9. The van der Waals surface area contributed by atoms with Gasteiger partial charge in [0.25, 0.3) is 0 Å². The average molecular weight is 311 g/mol. The lowest BCUT2D eigenvalue weighted by Gasteiger charge is -2.02. The standard InChI is InChI=1S/C13H9BrClNO/c14-11-3-1-2-9(6-11)7-12(17)10-4-5-16-13(15)8-10/h1-6,8H,7H2. The van der Waals surface area contributed by atoms with E-state index in [0.29, 0.717) is 17.1 Å². The summed E-state index contributed by atoms with van der Waals surface area (Å²) in [6.45, 7) is 0. The van der Waals surface area contributed by atoms with Crippen LogP contribution in [0.3, 0.4) is 0 Å². The lowest BCUT2D eigenvalue weighted by atomic mass is 10.0. The summed E-state index contributed by atoms with van der Waals surface area (Å²) in [5.41, 5.74) is 1.56. The number of benzene rings is 1. The van der Waals surface area contributed by atoms with Gasteiger partial charge in [-0.1, -0.05) is 39.7 Å². The molecule has 0 fully saturated rings. The molecule has 4 heteroatoms. The number of Topliss-reactive ketones (excluding diaryl/α,β-unsaturated/α-hetero) is 1. The van der Waals surface area contributed by atoms with Gasteiger partial charge in [-0.2, -0.15) is 0 Å². The number of halogens is 2. The number of carbonyl (C=O) groups excluding carboxylic acids is 1. The van der Waals surface area contributed by atoms with E-state index in [4.69, 9.17) is 11.6 Å². The van der Waals surface area contributed by atoms with E-state index in [0.717, 1.165) is 10.0 Å². The smallest absolute Gasteiger partial charge is 0.167 e. The fourth-order valence-corrected chi connectivity index (χ4v) is 2.13. The van der Waals surface area contributed by atoms with Crippen molar-refractivity contribution in [3.05, 3.63) is 63.3 Å². The highest BCUT2D eigenvalue weighted by Crippen LogP contribution is 2.15. The first-order valence-electron chi connectivity index (χ1n) is 5.04. The number of aromatic nitrogens is 1. The van der Waals surface area contributed by atoms with Crippen molar-refractivity contribution in [3.63, 3.8) is 0 Å². The number of nitrogens with zero attached hydrogens (tertiary/aromatic N) is 1. The van der Waals surface area contributed by atoms with Gasteiger partial charge in [0, 0.05) is 22.7 Å². The minimum absolute atomic E-state index is 0.0346. The molecule has 0 N–H and O–H groups in total. The van der Waals surface area contributed by atoms with Crippen LogP contribution in [0, 0.1) is 0 Å². The molecule has 0 aliphatic carbocycles. The second-order valence-electron chi connectivity index (χ2n) is 3.60. The van der Waals surface area contributed by atoms with Crippen molar-refractivity contribution in [1.82, 2.24) is 4.98 Å². The molecule has 0 aliphatic heterocycles. The molecule has 2 nitrogen and oxygen atoms in total. The minimum Gasteiger partial charge on any atom is -0.294 e. The van der Waals surface area contributed by atoms with Gasteiger partial charge in [0.1, 0.15) is 5.15 Å². The first-order chi connectivity index (χ1) is 8.15. The Morgan fingerprint density at radius 1 is 1.29 bits per heavy atom. The van der Waals surface area contributed by atoms with E-state index in [-0.39, 0.29) is 5.78 Å². The van der Waals surface area contributed by atoms with Crippen molar-refractivity contribution >= 4 is 33.3 Å². The third kappa shape index (κ3) is 3.38. The molecule has 1 aromatic heterocycles. The Bertz CT molecular complexity index is 557. The van der Waals surface area contributed by atoms with Gasteiger partial charge in [-0.3, -0.25) is 4.79 Å². The molecule has 0 spiro atoms. The number of carbonyl (C=O) groups is 1. The van der Waals surface area contributed by atoms with Gasteiger partial charge in [-0.25, -0.2) is 4.98 Å². The van der Waals surface area contributed by atoms with Crippen molar-refractivity contribution in [2.75, 3.05) is 0 Å². The van der Waals surface area contributed by atoms with Gasteiger partial charge in [0.15, 0.2) is 5.78 Å². The highest BCUT2D eigenvalue weighted by molar-refractivity contribution is 9.10. The molecule has 2 aromatic rings. The van der Waals surface area contributed by atoms with E-state index >= 15 is 0 Å². The summed E-state index contributed by atoms with van der Waals surface area (Å²) in [5, 5.41) is 0.338. The van der Waals surface area contributed by atoms with E-state index in [2.05, 4.69) is 20.9 Å². The average Bonchev–Trinajstić information content (AvgIpc) is 2.29. The predicted molar refractivity (Wildman–Crippen MR) is 71.4 cm³/mol. The summed E-state index contributed by atoms with van der Waals surface area (Å²) >= 11 is 9.12. The van der Waals surface area contributed by atoms with Crippen LogP contribution in [0.4, 0.5) is 0 Å². The summed E-state index contributed by atoms with van der Waals surface area (Å²) < 4.78 is 0.968. The number of pyridine rings is 1. The molecule has 86 valence electrons. The maximum absolute atomic E-state index is 12.0. The van der Waals surface area contributed by atoms with Crippen LogP contribution in [0.1, 0.15) is 15.9 Å². The topological polar surface area (TPSA) is 30.0 Å². The van der Waals surface area contributed by atoms with Gasteiger partial charge in [0.05, 0.1) is 0 Å². The molecule has 0 bridgehead atoms. The summed E-state index contributed by atoms with van der Waals surface area (Å²) in [4.78, 5) is 15.8. The fourth-order valence-electron chi connectivity index (χ4n) is 1.51. The third-order valence-corrected chi connectivity index (χ3v) is 3.00. The van der Waals surface area contributed by atoms with E-state index in [1.807, 2.05) is 24.3 Å². The van der Waals surface area contributed by atoms with Crippen LogP contribution < -0.4 is 0 Å². The lowest BCUT2D eigenvalue weighted by molar-refractivity contribution is 0.0993. The van der Waals surface area contributed by atoms with Gasteiger partial charge < -0.3 is 0 Å². The molecule has 1 heterocycles. The van der Waals surface area contributed by atoms with Crippen molar-refractivity contribution in [3.8, 4) is 0 Å². The second-order valence-corrected chi connectivity index (χ2v) is 4.90. The molecule has 0 saturated heterocycles. The highest BCUT2D eigenvalue weighted by atomic mass is 79.9. The van der Waals surface area contributed by atoms with Crippen LogP contribution in [-0.2, 0) is 6.42 Å². The van der Waals surface area contributed by atoms with Gasteiger partial charge in [-0.05, 0) is 29.8 Å². The fraction of sp³-hybridized carbons (Fsp3) is 0.0769. The molecule has 0 unspecified atom stereocenters. The zero-order valence-electron chi connectivity index (χ0n) is 8.86. The van der Waals surface area contributed by atoms with Crippen molar-refractivity contribution in [2.24, 2.45) is 0 Å². The molecule has 0 saturated carbocycles. The van der Waals surface area contributed by atoms with E-state index in [9.17, 15) is 4.79 Å². The molecular weight excluding hydrogens is 302 g/mol. The highest BCUT2D eigenvalue weighted by Gasteiger charge is 2.07. The maximum atomic E-state index is 12.0. The van der Waals surface area contributed by atoms with E-state index < -0.39 is 0 Å². The Balaban J connectivity index is 2.17. The van der Waals surface area contributed by atoms with E-state index in [1.54, 1.807) is 12.1 Å². The lowest BCUT2D eigenvalue weighted by Crippen LogP contribution is -2.03. The molecule has 0 atom stereocenters. The number of hydrogen-bond donors (Lipinski definition) is 0. The molecule has 2 rings (SSSR count). The predicted octanol–water partition coefficient (Wildman–Crippen LogP) is 3.92. The van der Waals surface area contributed by atoms with Gasteiger partial charge in [0.2, 0.25) is 0 Å². The molecule has 1 aromatic carbocycles. The second kappa shape index (κ2) is 5.43. The Morgan fingerprint density at radius 3 is 2.82 bits per heavy atom. The summed E-state index contributed by atoms with van der Waals surface area (Å²) in [5.74, 6) is 0.0346. The number of hydrogen-bond acceptors (Lipinski definition) is 2. The Labute approximate surface area is 113 Å². The molecular formula is C13H9BrClNO. The summed E-state index contributed by atoms with van der Waals surface area (Å²) in [6.07, 6.45) is 1.90. The SMILES string of the molecule is O=C(Cc1cccc(Br)c1)c1ccnc(Cl)c1. The largest absolute Gasteiger partial charge is 0.294 e. The normalized spacial score (nSPS) is 10.2. The first kappa shape index (κ1) is 12.3. The number of ketones is 1. The molecule has 0 aliphatic rings. The van der Waals surface area contributed by atoms with Crippen LogP contribution in [-0.4, -0.2) is 10.8 Å². The number of rotatable bonds is 3. The minimum atomic E-state index is 0.0346. The first-order valence-corrected chi connectivity index (χ1v) is 6.21. The maximum Gasteiger partial charge on any atom is 0.167 e. The van der Waals surface area contributed by atoms with Crippen molar-refractivity contribution in [2.45, 2.75) is 6.42 Å². The summed E-state index contributed by atoms with van der Waals surface area (Å²) in [7, 11) is 0. The van der Waals surface area contributed by atoms with Gasteiger partial charge >= 0.3 is 0 Å². The van der Waals surface area contributed by atoms with Crippen LogP contribution in [0.5, 0.6) is 0 Å². The molecule has 0 amide bonds. The molecule has 0 radical (unpaired) electrons. The zero-order chi connectivity index (χ0) is 12.3. The van der Waals surface area contributed by atoms with Gasteiger partial charge in [-0.15, -0.1) is 0 Å². The Morgan fingerprint density at radius 2 is 2.12 bits per heavy atom. The van der Waals surface area contributed by atoms with Crippen molar-refractivity contribution < 1.29 is 4.79 Å². The third-order valence-electron chi connectivity index (χ3n) is 2.30. The quantitative estimate of drug-likeness (QED) is 0.635. The Hall–Kier alpha value is -1.19. The van der Waals surface area contributed by atoms with E-state index in [1.165, 1.54) is 6.20 Å². The molecule has 17 heavy (non-hydrogen) atoms. The van der Waals surface area contributed by atoms with Crippen LogP contribution in [0.15, 0.2) is 47.1 Å². The zero-order valence-corrected chi connectivity index (χ0v) is 11.2. The van der Waals surface area contributed by atoms with Crippen LogP contribution in [0.2, 0.25) is 5.15 Å². The Kier molecular flexibility index (Phi) is 3.92. The van der Waals surface area contributed by atoms with Crippen LogP contribution >= 0.6 is 27.5 Å².